The SMILES string of the molecule is CC(C)(C)C(C)(C)CCNC(=O)CCCCC(=O)NCC=O.CNC(C)C(=O)Nc1cc(COc2cc3c(cc2OC)C(=O)N2c4ccccc4C[C@H]2C=N3)cc(COc2cc3c(cc2OC)C(=O)N2c4ccccc4CC2CN3)c1. The van der Waals surface area contributed by atoms with Gasteiger partial charge >= 0.3 is 0 Å². The molecule has 0 saturated carbocycles. The third-order valence-corrected chi connectivity index (χ3v) is 16.0. The number of aldehydes is 1. The number of hydrogen-bond acceptors (Lipinski definition) is 13. The summed E-state index contributed by atoms with van der Waals surface area (Å²) in [6.45, 7) is 14.4. The Bertz CT molecular complexity index is 3190. The molecular formula is C63H76N8O10. The fourth-order valence-corrected chi connectivity index (χ4v) is 10.1. The molecule has 4 aliphatic rings. The number of likely N-dealkylation sites (N-methyl/N-ethyl adjacent to an activating group) is 1. The van der Waals surface area contributed by atoms with Gasteiger partial charge in [-0.3, -0.25) is 33.9 Å². The average Bonchev–Trinajstić information content (AvgIpc) is 4.19. The van der Waals surface area contributed by atoms with Crippen LogP contribution in [-0.4, -0.2) is 101 Å². The number of aliphatic imine (C=N–C) groups is 1. The van der Waals surface area contributed by atoms with Gasteiger partial charge in [0.1, 0.15) is 19.5 Å². The van der Waals surface area contributed by atoms with Gasteiger partial charge in [0, 0.05) is 67.8 Å². The van der Waals surface area contributed by atoms with Gasteiger partial charge in [0.05, 0.1) is 61.4 Å². The zero-order chi connectivity index (χ0) is 58.0. The van der Waals surface area contributed by atoms with E-state index in [1.54, 1.807) is 44.2 Å². The molecule has 5 aromatic rings. The number of hydrogen-bond donors (Lipinski definition) is 5. The van der Waals surface area contributed by atoms with Gasteiger partial charge in [0.25, 0.3) is 11.8 Å². The Kier molecular flexibility index (Phi) is 18.8. The molecular weight excluding hydrogens is 1030 g/mol. The molecule has 18 heteroatoms. The van der Waals surface area contributed by atoms with Crippen LogP contribution in [0.1, 0.15) is 117 Å². The second-order valence-electron chi connectivity index (χ2n) is 22.5. The van der Waals surface area contributed by atoms with E-state index in [-0.39, 0.29) is 72.2 Å². The highest BCUT2D eigenvalue weighted by Crippen LogP contribution is 2.44. The Morgan fingerprint density at radius 2 is 1.32 bits per heavy atom. The van der Waals surface area contributed by atoms with Crippen molar-refractivity contribution in [1.82, 2.24) is 16.0 Å². The van der Waals surface area contributed by atoms with E-state index < -0.39 is 6.04 Å². The van der Waals surface area contributed by atoms with Gasteiger partial charge in [0.15, 0.2) is 23.0 Å². The zero-order valence-electron chi connectivity index (χ0n) is 48.0. The van der Waals surface area contributed by atoms with Crippen molar-refractivity contribution >= 4 is 70.5 Å². The van der Waals surface area contributed by atoms with Crippen LogP contribution < -0.4 is 55.3 Å². The number of amides is 5. The Balaban J connectivity index is 0.000000333. The van der Waals surface area contributed by atoms with E-state index in [0.717, 1.165) is 46.5 Å². The van der Waals surface area contributed by atoms with Crippen LogP contribution in [0.4, 0.5) is 28.4 Å². The molecule has 3 atom stereocenters. The molecule has 5 aromatic carbocycles. The standard InChI is InChI=1S/C46H44N6O7.C17H32N2O3/c1-26(47-2)44(53)50-31-14-27(24-58-42-20-36-34(18-40(42)56-3)45(54)51-32(22-48-36)16-29-9-5-7-11-38(29)51)13-28(15-31)25-59-43-21-37-35(19-41(43)57-4)46(55)52-33(23-49-37)17-30-10-6-8-12-39(30)52;1-16(2,3)17(4,5)10-11-18-14(21)8-6-7-9-15(22)19-12-13-20/h5-15,18-22,26,32-33,47,49H,16-17,23-25H2,1-4H3,(H,50,53);13H,6-12H2,1-5H3,(H,18,21)(H,19,22)/t26?,32-,33?;/m0./s1. The number of ether oxygens (including phenoxy) is 4. The summed E-state index contributed by atoms with van der Waals surface area (Å²) in [7, 11) is 4.80. The first-order valence-electron chi connectivity index (χ1n) is 27.7. The maximum absolute atomic E-state index is 14.0. The van der Waals surface area contributed by atoms with Crippen LogP contribution in [0, 0.1) is 10.8 Å². The van der Waals surface area contributed by atoms with E-state index >= 15 is 0 Å². The molecule has 4 heterocycles. The van der Waals surface area contributed by atoms with Crippen LogP contribution in [-0.2, 0) is 45.2 Å². The van der Waals surface area contributed by atoms with Crippen molar-refractivity contribution in [3.63, 3.8) is 0 Å². The maximum atomic E-state index is 14.0. The van der Waals surface area contributed by atoms with Crippen molar-refractivity contribution < 1.29 is 47.7 Å². The minimum Gasteiger partial charge on any atom is -0.493 e. The van der Waals surface area contributed by atoms with E-state index in [4.69, 9.17) is 23.9 Å². The topological polar surface area (TPSA) is 218 Å². The number of fused-ring (bicyclic) bond motifs is 8. The number of carbonyl (C=O) groups excluding carboxylic acids is 6. The van der Waals surface area contributed by atoms with E-state index in [9.17, 15) is 28.8 Å². The van der Waals surface area contributed by atoms with Gasteiger partial charge in [-0.05, 0) is 115 Å². The smallest absolute Gasteiger partial charge is 0.261 e. The number of benzene rings is 5. The first-order chi connectivity index (χ1) is 38.8. The molecule has 0 aliphatic carbocycles. The van der Waals surface area contributed by atoms with Crippen LogP contribution in [0.5, 0.6) is 23.0 Å². The van der Waals surface area contributed by atoms with Gasteiger partial charge in [0.2, 0.25) is 17.7 Å². The number of rotatable bonds is 21. The number of nitrogens with one attached hydrogen (secondary N) is 5. The Hall–Kier alpha value is -8.25. The number of unbranched alkanes of at least 4 members (excludes halogenated alkanes) is 1. The minimum atomic E-state index is -0.436. The summed E-state index contributed by atoms with van der Waals surface area (Å²) in [4.78, 5) is 82.4. The lowest BCUT2D eigenvalue weighted by atomic mass is 9.67. The number of carbonyl (C=O) groups is 6. The highest BCUT2D eigenvalue weighted by atomic mass is 16.5. The van der Waals surface area contributed by atoms with Crippen LogP contribution in [0.15, 0.2) is 96.0 Å². The summed E-state index contributed by atoms with van der Waals surface area (Å²) >= 11 is 0. The summed E-state index contributed by atoms with van der Waals surface area (Å²) in [6, 6.07) is 27.9. The molecule has 0 aromatic heterocycles. The largest absolute Gasteiger partial charge is 0.493 e. The highest BCUT2D eigenvalue weighted by molar-refractivity contribution is 6.15. The third-order valence-electron chi connectivity index (χ3n) is 16.0. The monoisotopic (exact) mass is 1100 g/mol. The molecule has 81 heavy (non-hydrogen) atoms. The minimum absolute atomic E-state index is 0.0104. The summed E-state index contributed by atoms with van der Waals surface area (Å²) in [6.07, 6.45) is 7.03. The molecule has 0 saturated heterocycles. The molecule has 9 rings (SSSR count). The van der Waals surface area contributed by atoms with E-state index in [2.05, 4.69) is 67.3 Å². The molecule has 0 spiro atoms. The molecule has 5 N–H and O–H groups in total. The van der Waals surface area contributed by atoms with Crippen molar-refractivity contribution in [3.05, 3.63) is 124 Å². The van der Waals surface area contributed by atoms with Crippen LogP contribution >= 0.6 is 0 Å². The summed E-state index contributed by atoms with van der Waals surface area (Å²) in [5.41, 5.74) is 8.58. The van der Waals surface area contributed by atoms with Gasteiger partial charge < -0.3 is 55.2 Å². The Labute approximate surface area is 474 Å². The second kappa shape index (κ2) is 25.9. The lowest BCUT2D eigenvalue weighted by Crippen LogP contribution is -2.39. The lowest BCUT2D eigenvalue weighted by molar-refractivity contribution is -0.123. The van der Waals surface area contributed by atoms with E-state index in [1.807, 2.05) is 77.8 Å². The Morgan fingerprint density at radius 1 is 0.741 bits per heavy atom. The first-order valence-corrected chi connectivity index (χ1v) is 27.7. The van der Waals surface area contributed by atoms with Crippen molar-refractivity contribution in [2.45, 2.75) is 118 Å². The van der Waals surface area contributed by atoms with Crippen molar-refractivity contribution in [2.24, 2.45) is 15.8 Å². The van der Waals surface area contributed by atoms with Crippen LogP contribution in [0.3, 0.4) is 0 Å². The Morgan fingerprint density at radius 3 is 1.94 bits per heavy atom. The summed E-state index contributed by atoms with van der Waals surface area (Å²) < 4.78 is 24.3. The van der Waals surface area contributed by atoms with E-state index in [0.29, 0.717) is 103 Å². The van der Waals surface area contributed by atoms with Gasteiger partial charge in [-0.1, -0.05) is 71.0 Å². The molecule has 428 valence electrons. The van der Waals surface area contributed by atoms with Crippen molar-refractivity contribution in [3.8, 4) is 23.0 Å². The summed E-state index contributed by atoms with van der Waals surface area (Å²) in [5.74, 6) is 1.13. The van der Waals surface area contributed by atoms with Gasteiger partial charge in [-0.25, -0.2) is 0 Å². The number of nitrogens with zero attached hydrogens (tertiary/aromatic N) is 3. The maximum Gasteiger partial charge on any atom is 0.261 e. The van der Waals surface area contributed by atoms with Gasteiger partial charge in [-0.15, -0.1) is 0 Å². The predicted molar refractivity (Wildman–Crippen MR) is 315 cm³/mol. The molecule has 2 unspecified atom stereocenters. The lowest BCUT2D eigenvalue weighted by Gasteiger charge is -2.39. The first kappa shape index (κ1) is 58.9. The van der Waals surface area contributed by atoms with E-state index in [1.165, 1.54) is 7.11 Å². The fourth-order valence-electron chi connectivity index (χ4n) is 10.1. The molecule has 0 radical (unpaired) electrons. The van der Waals surface area contributed by atoms with Crippen LogP contribution in [0.25, 0.3) is 0 Å². The van der Waals surface area contributed by atoms with Crippen molar-refractivity contribution in [1.29, 1.82) is 0 Å². The number of para-hydroxylation sites is 2. The normalized spacial score (nSPS) is 16.0. The zero-order valence-corrected chi connectivity index (χ0v) is 48.0. The number of methoxy groups -OCH3 is 2. The summed E-state index contributed by atoms with van der Waals surface area (Å²) in [5, 5.41) is 14.9. The molecule has 5 amide bonds. The van der Waals surface area contributed by atoms with Gasteiger partial charge in [-0.2, -0.15) is 0 Å². The second-order valence-corrected chi connectivity index (χ2v) is 22.5. The van der Waals surface area contributed by atoms with Crippen molar-refractivity contribution in [2.75, 3.05) is 61.3 Å². The highest BCUT2D eigenvalue weighted by Gasteiger charge is 2.39. The third kappa shape index (κ3) is 13.9. The van der Waals surface area contributed by atoms with Crippen LogP contribution in [0.2, 0.25) is 0 Å². The fraction of sp³-hybridized carbons (Fsp3) is 0.413. The molecule has 0 bridgehead atoms. The molecule has 4 aliphatic heterocycles. The molecule has 18 nitrogen and oxygen atoms in total. The predicted octanol–water partition coefficient (Wildman–Crippen LogP) is 9.13. The number of anilines is 4. The quantitative estimate of drug-likeness (QED) is 0.0343. The average molecular weight is 1110 g/mol. The molecule has 0 fully saturated rings.